The summed E-state index contributed by atoms with van der Waals surface area (Å²) < 4.78 is 36.5. The maximum Gasteiger partial charge on any atom is 0.406 e. The van der Waals surface area contributed by atoms with E-state index in [1.54, 1.807) is 0 Å². The van der Waals surface area contributed by atoms with Crippen LogP contribution >= 0.6 is 0 Å². The van der Waals surface area contributed by atoms with Gasteiger partial charge in [-0.05, 0) is 13.0 Å². The Labute approximate surface area is 72.6 Å². The molecule has 0 aliphatic heterocycles. The molecule has 13 heavy (non-hydrogen) atoms. The Morgan fingerprint density at radius 2 is 2.00 bits per heavy atom. The minimum atomic E-state index is -4.35. The van der Waals surface area contributed by atoms with Gasteiger partial charge >= 0.3 is 6.18 Å². The van der Waals surface area contributed by atoms with E-state index in [9.17, 15) is 18.0 Å². The molecule has 1 aromatic rings. The van der Waals surface area contributed by atoms with Crippen LogP contribution in [0, 0.1) is 6.92 Å². The molecule has 2 nitrogen and oxygen atoms in total. The van der Waals surface area contributed by atoms with Gasteiger partial charge in [-0.1, -0.05) is 6.07 Å². The minimum absolute atomic E-state index is 0.310. The van der Waals surface area contributed by atoms with Crippen LogP contribution in [0.3, 0.4) is 0 Å². The minimum Gasteiger partial charge on any atom is -0.304 e. The van der Waals surface area contributed by atoms with Crippen LogP contribution in [0.25, 0.3) is 0 Å². The number of pyridine rings is 1. The van der Waals surface area contributed by atoms with Gasteiger partial charge in [-0.15, -0.1) is 0 Å². The first kappa shape index (κ1) is 9.83. The maximum absolute atomic E-state index is 11.9. The predicted octanol–water partition coefficient (Wildman–Crippen LogP) is 1.72. The first-order chi connectivity index (χ1) is 5.90. The van der Waals surface area contributed by atoms with Crippen molar-refractivity contribution in [1.82, 2.24) is 4.57 Å². The van der Waals surface area contributed by atoms with Gasteiger partial charge in [0.05, 0.1) is 0 Å². The fourth-order valence-corrected chi connectivity index (χ4v) is 1.01. The number of aromatic nitrogens is 1. The number of hydrogen-bond donors (Lipinski definition) is 0. The van der Waals surface area contributed by atoms with Gasteiger partial charge in [0.15, 0.2) is 0 Å². The Kier molecular flexibility index (Phi) is 2.45. The van der Waals surface area contributed by atoms with Crippen molar-refractivity contribution in [2.75, 3.05) is 0 Å². The van der Waals surface area contributed by atoms with Crippen LogP contribution in [-0.2, 0) is 6.54 Å². The van der Waals surface area contributed by atoms with E-state index >= 15 is 0 Å². The molecule has 0 radical (unpaired) electrons. The van der Waals surface area contributed by atoms with Gasteiger partial charge in [0.1, 0.15) is 6.54 Å². The van der Waals surface area contributed by atoms with Crippen molar-refractivity contribution in [3.63, 3.8) is 0 Å². The Morgan fingerprint density at radius 3 is 2.46 bits per heavy atom. The summed E-state index contributed by atoms with van der Waals surface area (Å²) in [7, 11) is 0. The van der Waals surface area contributed by atoms with E-state index in [1.807, 2.05) is 0 Å². The summed E-state index contributed by atoms with van der Waals surface area (Å²) in [6.45, 7) is 0.242. The Hall–Kier alpha value is -1.26. The van der Waals surface area contributed by atoms with Gasteiger partial charge in [-0.25, -0.2) is 0 Å². The van der Waals surface area contributed by atoms with Crippen LogP contribution in [0.15, 0.2) is 23.0 Å². The second-order valence-electron chi connectivity index (χ2n) is 2.71. The molecule has 0 saturated carbocycles. The molecule has 0 fully saturated rings. The second-order valence-corrected chi connectivity index (χ2v) is 2.71. The Morgan fingerprint density at radius 1 is 1.38 bits per heavy atom. The SMILES string of the molecule is Cc1cccc(=O)n1CC(F)(F)F. The van der Waals surface area contributed by atoms with Gasteiger partial charge in [0.2, 0.25) is 0 Å². The molecule has 0 atom stereocenters. The van der Waals surface area contributed by atoms with E-state index in [-0.39, 0.29) is 0 Å². The fourth-order valence-electron chi connectivity index (χ4n) is 1.01. The molecule has 0 aliphatic carbocycles. The van der Waals surface area contributed by atoms with E-state index in [0.29, 0.717) is 10.3 Å². The van der Waals surface area contributed by atoms with Crippen molar-refractivity contribution >= 4 is 0 Å². The molecule has 0 bridgehead atoms. The Balaban J connectivity index is 3.08. The van der Waals surface area contributed by atoms with Crippen LogP contribution in [0.2, 0.25) is 0 Å². The third-order valence-corrected chi connectivity index (χ3v) is 1.61. The quantitative estimate of drug-likeness (QED) is 0.662. The number of rotatable bonds is 1. The monoisotopic (exact) mass is 191 g/mol. The van der Waals surface area contributed by atoms with E-state index in [4.69, 9.17) is 0 Å². The predicted molar refractivity (Wildman–Crippen MR) is 41.5 cm³/mol. The number of alkyl halides is 3. The van der Waals surface area contributed by atoms with E-state index in [2.05, 4.69) is 0 Å². The van der Waals surface area contributed by atoms with Crippen LogP contribution in [0.4, 0.5) is 13.2 Å². The van der Waals surface area contributed by atoms with Crippen molar-refractivity contribution in [2.24, 2.45) is 0 Å². The van der Waals surface area contributed by atoms with Crippen LogP contribution in [0.1, 0.15) is 5.69 Å². The summed E-state index contributed by atoms with van der Waals surface area (Å²) in [4.78, 5) is 11.0. The molecule has 0 aliphatic rings. The molecule has 0 aromatic carbocycles. The zero-order valence-electron chi connectivity index (χ0n) is 6.93. The summed E-state index contributed by atoms with van der Waals surface area (Å²) in [5.41, 5.74) is -0.317. The second kappa shape index (κ2) is 3.24. The molecule has 0 unspecified atom stereocenters. The summed E-state index contributed by atoms with van der Waals surface area (Å²) in [6.07, 6.45) is -4.35. The van der Waals surface area contributed by atoms with E-state index < -0.39 is 18.3 Å². The molecule has 1 rings (SSSR count). The van der Waals surface area contributed by atoms with Gasteiger partial charge in [-0.2, -0.15) is 13.2 Å². The van der Waals surface area contributed by atoms with Crippen molar-refractivity contribution in [2.45, 2.75) is 19.6 Å². The van der Waals surface area contributed by atoms with Crippen molar-refractivity contribution in [3.05, 3.63) is 34.2 Å². The van der Waals surface area contributed by atoms with Gasteiger partial charge in [-0.3, -0.25) is 4.79 Å². The fraction of sp³-hybridized carbons (Fsp3) is 0.375. The molecular weight excluding hydrogens is 183 g/mol. The lowest BCUT2D eigenvalue weighted by atomic mass is 10.3. The first-order valence-electron chi connectivity index (χ1n) is 3.63. The lowest BCUT2D eigenvalue weighted by Crippen LogP contribution is -2.28. The summed E-state index contributed by atoms with van der Waals surface area (Å²) >= 11 is 0. The first-order valence-corrected chi connectivity index (χ1v) is 3.63. The van der Waals surface area contributed by atoms with Crippen molar-refractivity contribution < 1.29 is 13.2 Å². The highest BCUT2D eigenvalue weighted by Gasteiger charge is 2.28. The van der Waals surface area contributed by atoms with Crippen LogP contribution < -0.4 is 5.56 Å². The third-order valence-electron chi connectivity index (χ3n) is 1.61. The Bertz CT molecular complexity index is 353. The molecule has 72 valence electrons. The number of nitrogens with zero attached hydrogens (tertiary/aromatic N) is 1. The average Bonchev–Trinajstić information content (AvgIpc) is 1.95. The molecule has 1 heterocycles. The van der Waals surface area contributed by atoms with E-state index in [1.165, 1.54) is 19.1 Å². The van der Waals surface area contributed by atoms with Gasteiger partial charge < -0.3 is 4.57 Å². The van der Waals surface area contributed by atoms with Crippen molar-refractivity contribution in [3.8, 4) is 0 Å². The highest BCUT2D eigenvalue weighted by molar-refractivity contribution is 5.04. The summed E-state index contributed by atoms with van der Waals surface area (Å²) in [5.74, 6) is 0. The number of hydrogen-bond acceptors (Lipinski definition) is 1. The van der Waals surface area contributed by atoms with Crippen LogP contribution in [-0.4, -0.2) is 10.7 Å². The molecule has 5 heteroatoms. The standard InChI is InChI=1S/C8H8F3NO/c1-6-3-2-4-7(13)12(6)5-8(9,10)11/h2-4H,5H2,1H3. The third kappa shape index (κ3) is 2.61. The summed E-state index contributed by atoms with van der Waals surface area (Å²) in [6, 6.07) is 4.01. The lowest BCUT2D eigenvalue weighted by Gasteiger charge is -2.11. The van der Waals surface area contributed by atoms with E-state index in [0.717, 1.165) is 6.07 Å². The largest absolute Gasteiger partial charge is 0.406 e. The molecular formula is C8H8F3NO. The number of aryl methyl sites for hydroxylation is 1. The smallest absolute Gasteiger partial charge is 0.304 e. The molecule has 1 aromatic heterocycles. The topological polar surface area (TPSA) is 22.0 Å². The van der Waals surface area contributed by atoms with Crippen molar-refractivity contribution in [1.29, 1.82) is 0 Å². The molecule has 0 N–H and O–H groups in total. The summed E-state index contributed by atoms with van der Waals surface area (Å²) in [5, 5.41) is 0. The molecule has 0 saturated heterocycles. The zero-order chi connectivity index (χ0) is 10.1. The molecule has 0 amide bonds. The normalized spacial score (nSPS) is 11.7. The zero-order valence-corrected chi connectivity index (χ0v) is 6.93. The highest BCUT2D eigenvalue weighted by Crippen LogP contribution is 2.16. The van der Waals surface area contributed by atoms with Crippen LogP contribution in [0.5, 0.6) is 0 Å². The highest BCUT2D eigenvalue weighted by atomic mass is 19.4. The van der Waals surface area contributed by atoms with Gasteiger partial charge in [0.25, 0.3) is 5.56 Å². The average molecular weight is 191 g/mol. The lowest BCUT2D eigenvalue weighted by molar-refractivity contribution is -0.141. The molecule has 0 spiro atoms. The number of halogens is 3. The van der Waals surface area contributed by atoms with Gasteiger partial charge in [0, 0.05) is 11.8 Å². The maximum atomic E-state index is 11.9.